The van der Waals surface area contributed by atoms with Gasteiger partial charge in [-0.2, -0.15) is 0 Å². The Labute approximate surface area is 169 Å². The van der Waals surface area contributed by atoms with Gasteiger partial charge < -0.3 is 14.2 Å². The molecule has 2 aromatic heterocycles. The first kappa shape index (κ1) is 19.8. The van der Waals surface area contributed by atoms with Crippen LogP contribution in [-0.4, -0.2) is 39.8 Å². The summed E-state index contributed by atoms with van der Waals surface area (Å²) in [4.78, 5) is 11.6. The van der Waals surface area contributed by atoms with Crippen LogP contribution < -0.4 is 4.90 Å². The van der Waals surface area contributed by atoms with Crippen LogP contribution in [0.25, 0.3) is 22.4 Å². The zero-order valence-corrected chi connectivity index (χ0v) is 17.0. The minimum atomic E-state index is -0.899. The molecule has 0 amide bonds. The number of imidazole rings is 1. The van der Waals surface area contributed by atoms with E-state index in [-0.39, 0.29) is 0 Å². The van der Waals surface area contributed by atoms with E-state index in [9.17, 15) is 8.78 Å². The number of rotatable bonds is 6. The molecule has 1 aromatic carbocycles. The molecule has 5 nitrogen and oxygen atoms in total. The number of pyridine rings is 1. The molecular formula is C22H26F2N4O. The second kappa shape index (κ2) is 8.06. The van der Waals surface area contributed by atoms with E-state index in [1.807, 2.05) is 23.6 Å². The molecule has 4 rings (SSSR count). The van der Waals surface area contributed by atoms with Crippen molar-refractivity contribution in [2.75, 3.05) is 18.1 Å². The normalized spacial score (nSPS) is 19.4. The monoisotopic (exact) mass is 400 g/mol. The smallest absolute Gasteiger partial charge is 0.161 e. The van der Waals surface area contributed by atoms with Crippen molar-refractivity contribution in [1.29, 1.82) is 0 Å². The van der Waals surface area contributed by atoms with Crippen LogP contribution in [0.4, 0.5) is 14.6 Å². The summed E-state index contributed by atoms with van der Waals surface area (Å²) >= 11 is 0. The van der Waals surface area contributed by atoms with Crippen LogP contribution in [0.5, 0.6) is 0 Å². The van der Waals surface area contributed by atoms with Gasteiger partial charge in [0, 0.05) is 49.1 Å². The molecular weight excluding hydrogens is 374 g/mol. The van der Waals surface area contributed by atoms with Crippen molar-refractivity contribution in [2.45, 2.75) is 52.2 Å². The van der Waals surface area contributed by atoms with Gasteiger partial charge in [-0.05, 0) is 45.7 Å². The van der Waals surface area contributed by atoms with Crippen LogP contribution in [0, 0.1) is 11.6 Å². The Morgan fingerprint density at radius 3 is 2.48 bits per heavy atom. The van der Waals surface area contributed by atoms with E-state index >= 15 is 0 Å². The molecule has 1 aliphatic rings. The second-order valence-electron chi connectivity index (χ2n) is 7.63. The number of anilines is 1. The first-order valence-corrected chi connectivity index (χ1v) is 10.2. The zero-order chi connectivity index (χ0) is 20.5. The lowest BCUT2D eigenvalue weighted by Crippen LogP contribution is -2.33. The summed E-state index contributed by atoms with van der Waals surface area (Å²) in [6, 6.07) is 7.24. The number of ether oxygens (including phenoxy) is 1. The highest BCUT2D eigenvalue weighted by atomic mass is 19.2. The lowest BCUT2D eigenvalue weighted by atomic mass is 10.2. The van der Waals surface area contributed by atoms with Gasteiger partial charge in [0.15, 0.2) is 11.6 Å². The van der Waals surface area contributed by atoms with E-state index in [2.05, 4.69) is 28.7 Å². The third kappa shape index (κ3) is 3.71. The van der Waals surface area contributed by atoms with Crippen molar-refractivity contribution in [1.82, 2.24) is 14.5 Å². The third-order valence-corrected chi connectivity index (χ3v) is 5.68. The highest BCUT2D eigenvalue weighted by molar-refractivity contribution is 5.81. The standard InChI is InChI=1S/C22H26F2N4O/c1-4-29-10-9-27-20-12-18(24)17(23)11-19(20)26-22(27)16-7-8-21(25-13-16)28-14(2)5-6-15(28)3/h7-8,11-15H,4-6,9-10H2,1-3H3/t14-,15-/m0/s1. The van der Waals surface area contributed by atoms with Gasteiger partial charge in [0.1, 0.15) is 11.6 Å². The molecule has 2 atom stereocenters. The molecule has 0 N–H and O–H groups in total. The molecule has 3 aromatic rings. The Balaban J connectivity index is 1.73. The quantitative estimate of drug-likeness (QED) is 0.558. The average Bonchev–Trinajstić information content (AvgIpc) is 3.22. The number of nitrogens with zero attached hydrogens (tertiary/aromatic N) is 4. The van der Waals surface area contributed by atoms with E-state index < -0.39 is 11.6 Å². The highest BCUT2D eigenvalue weighted by Gasteiger charge is 2.28. The van der Waals surface area contributed by atoms with Crippen LogP contribution in [-0.2, 0) is 11.3 Å². The fourth-order valence-corrected chi connectivity index (χ4v) is 4.18. The SMILES string of the molecule is CCOCCn1c(-c2ccc(N3[C@@H](C)CC[C@@H]3C)nc2)nc2cc(F)c(F)cc21. The van der Waals surface area contributed by atoms with Crippen LogP contribution in [0.2, 0.25) is 0 Å². The molecule has 3 heterocycles. The Morgan fingerprint density at radius 1 is 1.10 bits per heavy atom. The summed E-state index contributed by atoms with van der Waals surface area (Å²) < 4.78 is 34.9. The van der Waals surface area contributed by atoms with E-state index in [0.29, 0.717) is 48.7 Å². The van der Waals surface area contributed by atoms with Crippen LogP contribution in [0.3, 0.4) is 0 Å². The maximum Gasteiger partial charge on any atom is 0.161 e. The van der Waals surface area contributed by atoms with Crippen LogP contribution in [0.15, 0.2) is 30.5 Å². The van der Waals surface area contributed by atoms with E-state index in [0.717, 1.165) is 30.3 Å². The molecule has 154 valence electrons. The van der Waals surface area contributed by atoms with Gasteiger partial charge in [-0.25, -0.2) is 18.7 Å². The Kier molecular flexibility index (Phi) is 5.50. The summed E-state index contributed by atoms with van der Waals surface area (Å²) in [5.41, 5.74) is 1.77. The Morgan fingerprint density at radius 2 is 1.83 bits per heavy atom. The topological polar surface area (TPSA) is 43.2 Å². The molecule has 0 bridgehead atoms. The van der Waals surface area contributed by atoms with E-state index in [1.165, 1.54) is 6.07 Å². The van der Waals surface area contributed by atoms with Gasteiger partial charge in [0.2, 0.25) is 0 Å². The molecule has 1 fully saturated rings. The number of fused-ring (bicyclic) bond motifs is 1. The Hall–Kier alpha value is -2.54. The van der Waals surface area contributed by atoms with Crippen LogP contribution >= 0.6 is 0 Å². The maximum absolute atomic E-state index is 13.9. The molecule has 0 radical (unpaired) electrons. The minimum Gasteiger partial charge on any atom is -0.380 e. The highest BCUT2D eigenvalue weighted by Crippen LogP contribution is 2.31. The lowest BCUT2D eigenvalue weighted by molar-refractivity contribution is 0.140. The number of aromatic nitrogens is 3. The van der Waals surface area contributed by atoms with Crippen molar-refractivity contribution >= 4 is 16.9 Å². The van der Waals surface area contributed by atoms with Gasteiger partial charge in [-0.1, -0.05) is 0 Å². The van der Waals surface area contributed by atoms with Gasteiger partial charge in [-0.15, -0.1) is 0 Å². The van der Waals surface area contributed by atoms with Crippen molar-refractivity contribution in [3.05, 3.63) is 42.1 Å². The van der Waals surface area contributed by atoms with Crippen molar-refractivity contribution in [3.63, 3.8) is 0 Å². The summed E-state index contributed by atoms with van der Waals surface area (Å²) in [6.45, 7) is 7.90. The molecule has 7 heteroatoms. The summed E-state index contributed by atoms with van der Waals surface area (Å²) in [6.07, 6.45) is 4.11. The van der Waals surface area contributed by atoms with E-state index in [1.54, 1.807) is 6.20 Å². The molecule has 1 aliphatic heterocycles. The third-order valence-electron chi connectivity index (χ3n) is 5.68. The average molecular weight is 400 g/mol. The predicted octanol–water partition coefficient (Wildman–Crippen LogP) is 4.79. The van der Waals surface area contributed by atoms with Gasteiger partial charge in [-0.3, -0.25) is 0 Å². The molecule has 0 saturated carbocycles. The fraction of sp³-hybridized carbons (Fsp3) is 0.455. The van der Waals surface area contributed by atoms with Gasteiger partial charge in [0.25, 0.3) is 0 Å². The van der Waals surface area contributed by atoms with Gasteiger partial charge in [0.05, 0.1) is 17.6 Å². The molecule has 0 spiro atoms. The number of benzene rings is 1. The van der Waals surface area contributed by atoms with Gasteiger partial charge >= 0.3 is 0 Å². The predicted molar refractivity (Wildman–Crippen MR) is 110 cm³/mol. The summed E-state index contributed by atoms with van der Waals surface area (Å²) in [5.74, 6) is -0.206. The zero-order valence-electron chi connectivity index (χ0n) is 17.0. The number of hydrogen-bond donors (Lipinski definition) is 0. The maximum atomic E-state index is 13.9. The van der Waals surface area contributed by atoms with E-state index in [4.69, 9.17) is 4.74 Å². The molecule has 0 unspecified atom stereocenters. The fourth-order valence-electron chi connectivity index (χ4n) is 4.18. The van der Waals surface area contributed by atoms with Crippen molar-refractivity contribution < 1.29 is 13.5 Å². The summed E-state index contributed by atoms with van der Waals surface area (Å²) in [5, 5.41) is 0. The first-order valence-electron chi connectivity index (χ1n) is 10.2. The largest absolute Gasteiger partial charge is 0.380 e. The second-order valence-corrected chi connectivity index (χ2v) is 7.63. The molecule has 29 heavy (non-hydrogen) atoms. The summed E-state index contributed by atoms with van der Waals surface area (Å²) in [7, 11) is 0. The lowest BCUT2D eigenvalue weighted by Gasteiger charge is -2.27. The van der Waals surface area contributed by atoms with Crippen LogP contribution in [0.1, 0.15) is 33.6 Å². The minimum absolute atomic E-state index is 0.418. The first-order chi connectivity index (χ1) is 14.0. The molecule has 1 saturated heterocycles. The number of halogens is 2. The Bertz CT molecular complexity index is 992. The molecule has 0 aliphatic carbocycles. The van der Waals surface area contributed by atoms with Crippen molar-refractivity contribution in [3.8, 4) is 11.4 Å². The number of hydrogen-bond acceptors (Lipinski definition) is 4. The van der Waals surface area contributed by atoms with Crippen molar-refractivity contribution in [2.24, 2.45) is 0 Å².